The molecule has 2 aliphatic rings. The summed E-state index contributed by atoms with van der Waals surface area (Å²) < 4.78 is 0. The Hall–Kier alpha value is -1.62. The van der Waals surface area contributed by atoms with Crippen molar-refractivity contribution in [2.45, 2.75) is 31.9 Å². The van der Waals surface area contributed by atoms with Crippen LogP contribution in [-0.2, 0) is 6.42 Å². The van der Waals surface area contributed by atoms with Gasteiger partial charge in [-0.25, -0.2) is 0 Å². The summed E-state index contributed by atoms with van der Waals surface area (Å²) in [6.07, 6.45) is 3.20. The second kappa shape index (κ2) is 6.03. The number of aliphatic hydroxyl groups is 2. The third-order valence-corrected chi connectivity index (χ3v) is 6.14. The summed E-state index contributed by atoms with van der Waals surface area (Å²) in [5, 5.41) is 22.2. The lowest BCUT2D eigenvalue weighted by Gasteiger charge is -2.47. The van der Waals surface area contributed by atoms with Gasteiger partial charge >= 0.3 is 0 Å². The molecule has 4 nitrogen and oxygen atoms in total. The lowest BCUT2D eigenvalue weighted by molar-refractivity contribution is 0.0288. The summed E-state index contributed by atoms with van der Waals surface area (Å²) in [5.74, 6) is 0.419. The van der Waals surface area contributed by atoms with Crippen molar-refractivity contribution < 1.29 is 10.2 Å². The van der Waals surface area contributed by atoms with Crippen molar-refractivity contribution in [3.05, 3.63) is 47.2 Å². The van der Waals surface area contributed by atoms with Gasteiger partial charge in [-0.1, -0.05) is 29.8 Å². The van der Waals surface area contributed by atoms with Crippen molar-refractivity contribution in [2.24, 2.45) is 11.8 Å². The van der Waals surface area contributed by atoms with Gasteiger partial charge in [0, 0.05) is 41.7 Å². The normalized spacial score (nSPS) is 32.6. The van der Waals surface area contributed by atoms with Gasteiger partial charge in [0.15, 0.2) is 0 Å². The van der Waals surface area contributed by atoms with Crippen molar-refractivity contribution in [3.8, 4) is 0 Å². The molecule has 128 valence electrons. The minimum Gasteiger partial charge on any atom is -0.396 e. The molecule has 4 rings (SSSR count). The van der Waals surface area contributed by atoms with Crippen LogP contribution in [0.5, 0.6) is 0 Å². The number of rotatable bonds is 1. The smallest absolute Gasteiger partial charge is 0.0946 e. The predicted octanol–water partition coefficient (Wildman–Crippen LogP) is 2.63. The molecule has 24 heavy (non-hydrogen) atoms. The summed E-state index contributed by atoms with van der Waals surface area (Å²) in [6.45, 7) is 3.16. The summed E-state index contributed by atoms with van der Waals surface area (Å²) in [5.41, 5.74) is 4.61. The highest BCUT2D eigenvalue weighted by Gasteiger charge is 2.42. The number of para-hydroxylation sites is 1. The van der Waals surface area contributed by atoms with Gasteiger partial charge in [0.05, 0.1) is 6.10 Å². The van der Waals surface area contributed by atoms with Crippen LogP contribution in [0.15, 0.2) is 35.9 Å². The van der Waals surface area contributed by atoms with E-state index >= 15 is 0 Å². The van der Waals surface area contributed by atoms with Gasteiger partial charge in [-0.15, -0.1) is 0 Å². The molecule has 0 radical (unpaired) electrons. The highest BCUT2D eigenvalue weighted by atomic mass is 16.3. The molecule has 1 saturated heterocycles. The van der Waals surface area contributed by atoms with E-state index in [0.717, 1.165) is 24.2 Å². The van der Waals surface area contributed by atoms with Crippen LogP contribution in [0.25, 0.3) is 10.9 Å². The molecule has 2 aromatic rings. The number of aromatic amines is 1. The molecule has 2 bridgehead atoms. The first kappa shape index (κ1) is 15.9. The van der Waals surface area contributed by atoms with Gasteiger partial charge in [-0.05, 0) is 44.4 Å². The molecular formula is C20H26N2O2. The van der Waals surface area contributed by atoms with Gasteiger partial charge in [-0.3, -0.25) is 4.90 Å². The molecule has 1 aliphatic carbocycles. The van der Waals surface area contributed by atoms with Crippen molar-refractivity contribution >= 4 is 10.9 Å². The summed E-state index contributed by atoms with van der Waals surface area (Å²) in [4.78, 5) is 5.82. The molecule has 1 aliphatic heterocycles. The second-order valence-electron chi connectivity index (χ2n) is 7.32. The Labute approximate surface area is 142 Å². The summed E-state index contributed by atoms with van der Waals surface area (Å²) in [6, 6.07) is 8.58. The van der Waals surface area contributed by atoms with Gasteiger partial charge in [0.1, 0.15) is 0 Å². The molecule has 1 fully saturated rings. The van der Waals surface area contributed by atoms with Crippen LogP contribution >= 0.6 is 0 Å². The Balaban J connectivity index is 1.87. The molecule has 0 amide bonds. The molecular weight excluding hydrogens is 300 g/mol. The van der Waals surface area contributed by atoms with E-state index in [1.165, 1.54) is 16.5 Å². The van der Waals surface area contributed by atoms with Gasteiger partial charge in [0.25, 0.3) is 0 Å². The monoisotopic (exact) mass is 326 g/mol. The standard InChI is InChI=1S/C20H26N2O2/c1-3-12-10-22(2)18-8-15-13-6-4-5-7-17(13)21-20(15)19(24)9-14(12)16(18)11-23/h3-7,14,16,18-19,21,23-24H,8-11H2,1-2H3/b12-3-/t14-,16+,18-,19+/m0/s1. The molecule has 4 atom stereocenters. The van der Waals surface area contributed by atoms with E-state index in [1.807, 2.05) is 6.07 Å². The van der Waals surface area contributed by atoms with Crippen LogP contribution in [0.4, 0.5) is 0 Å². The van der Waals surface area contributed by atoms with E-state index in [0.29, 0.717) is 12.5 Å². The second-order valence-corrected chi connectivity index (χ2v) is 7.32. The lowest BCUT2D eigenvalue weighted by Crippen LogP contribution is -2.52. The number of hydrogen-bond donors (Lipinski definition) is 3. The Morgan fingerprint density at radius 3 is 2.88 bits per heavy atom. The topological polar surface area (TPSA) is 59.5 Å². The van der Waals surface area contributed by atoms with E-state index in [2.05, 4.69) is 48.1 Å². The van der Waals surface area contributed by atoms with Crippen molar-refractivity contribution in [1.29, 1.82) is 0 Å². The average molecular weight is 326 g/mol. The van der Waals surface area contributed by atoms with Crippen LogP contribution in [0.1, 0.15) is 30.7 Å². The number of H-pyrrole nitrogens is 1. The maximum absolute atomic E-state index is 10.9. The highest BCUT2D eigenvalue weighted by molar-refractivity contribution is 5.85. The van der Waals surface area contributed by atoms with Crippen LogP contribution < -0.4 is 0 Å². The predicted molar refractivity (Wildman–Crippen MR) is 95.8 cm³/mol. The van der Waals surface area contributed by atoms with E-state index < -0.39 is 6.10 Å². The molecule has 2 heterocycles. The van der Waals surface area contributed by atoms with Crippen LogP contribution in [0.2, 0.25) is 0 Å². The maximum atomic E-state index is 10.9. The Morgan fingerprint density at radius 1 is 1.33 bits per heavy atom. The number of aromatic nitrogens is 1. The van der Waals surface area contributed by atoms with Gasteiger partial charge in [0.2, 0.25) is 0 Å². The molecule has 1 aromatic carbocycles. The molecule has 0 spiro atoms. The first-order valence-electron chi connectivity index (χ1n) is 8.87. The quantitative estimate of drug-likeness (QED) is 0.706. The lowest BCUT2D eigenvalue weighted by atomic mass is 9.70. The SMILES string of the molecule is C/C=C1/CN(C)[C@H]2Cc3c([nH]c4ccccc34)[C@H](O)C[C@@H]1[C@H]2CO. The summed E-state index contributed by atoms with van der Waals surface area (Å²) in [7, 11) is 2.15. The number of nitrogens with zero attached hydrogens (tertiary/aromatic N) is 1. The molecule has 0 saturated carbocycles. The Kier molecular flexibility index (Phi) is 3.99. The zero-order valence-electron chi connectivity index (χ0n) is 14.4. The third-order valence-electron chi connectivity index (χ3n) is 6.14. The zero-order valence-corrected chi connectivity index (χ0v) is 14.4. The number of nitrogens with one attached hydrogen (secondary N) is 1. The van der Waals surface area contributed by atoms with Gasteiger partial charge in [-0.2, -0.15) is 0 Å². The highest BCUT2D eigenvalue weighted by Crippen LogP contribution is 2.43. The minimum atomic E-state index is -0.509. The first-order chi connectivity index (χ1) is 11.6. The molecule has 1 aromatic heterocycles. The Bertz CT molecular complexity index is 779. The fourth-order valence-electron chi connectivity index (χ4n) is 4.87. The maximum Gasteiger partial charge on any atom is 0.0946 e. The summed E-state index contributed by atoms with van der Waals surface area (Å²) >= 11 is 0. The molecule has 4 heteroatoms. The van der Waals surface area contributed by atoms with Crippen molar-refractivity contribution in [1.82, 2.24) is 9.88 Å². The zero-order chi connectivity index (χ0) is 16.8. The van der Waals surface area contributed by atoms with Crippen molar-refractivity contribution in [3.63, 3.8) is 0 Å². The van der Waals surface area contributed by atoms with E-state index in [-0.39, 0.29) is 18.4 Å². The van der Waals surface area contributed by atoms with E-state index in [4.69, 9.17) is 0 Å². The van der Waals surface area contributed by atoms with Crippen LogP contribution in [0, 0.1) is 11.8 Å². The number of likely N-dealkylation sites (tertiary alicyclic amines) is 1. The number of fused-ring (bicyclic) bond motifs is 5. The fraction of sp³-hybridized carbons (Fsp3) is 0.500. The number of likely N-dealkylation sites (N-methyl/N-ethyl adjacent to an activating group) is 1. The average Bonchev–Trinajstić information content (AvgIpc) is 2.95. The van der Waals surface area contributed by atoms with Crippen LogP contribution in [0.3, 0.4) is 0 Å². The number of aliphatic hydroxyl groups excluding tert-OH is 2. The number of hydrogen-bond acceptors (Lipinski definition) is 3. The number of allylic oxidation sites excluding steroid dienone is 1. The Morgan fingerprint density at radius 2 is 2.12 bits per heavy atom. The van der Waals surface area contributed by atoms with Crippen molar-refractivity contribution in [2.75, 3.05) is 20.2 Å². The third kappa shape index (κ3) is 2.32. The van der Waals surface area contributed by atoms with Gasteiger partial charge < -0.3 is 15.2 Å². The van der Waals surface area contributed by atoms with Crippen LogP contribution in [-0.4, -0.2) is 46.3 Å². The fourth-order valence-corrected chi connectivity index (χ4v) is 4.87. The van der Waals surface area contributed by atoms with E-state index in [1.54, 1.807) is 0 Å². The van der Waals surface area contributed by atoms with E-state index in [9.17, 15) is 10.2 Å². The first-order valence-corrected chi connectivity index (χ1v) is 8.87. The minimum absolute atomic E-state index is 0.168. The molecule has 3 N–H and O–H groups in total. The number of benzene rings is 1. The molecule has 0 unspecified atom stereocenters. The number of piperidine rings is 1. The largest absolute Gasteiger partial charge is 0.396 e.